The number of aromatic nitrogens is 1. The molecule has 1 aromatic carbocycles. The molecule has 1 unspecified atom stereocenters. The Morgan fingerprint density at radius 1 is 1.45 bits per heavy atom. The minimum Gasteiger partial charge on any atom is -0.393 e. The second-order valence-corrected chi connectivity index (χ2v) is 5.26. The molecule has 0 aliphatic carbocycles. The van der Waals surface area contributed by atoms with Crippen LogP contribution in [0.25, 0.3) is 10.9 Å². The van der Waals surface area contributed by atoms with Gasteiger partial charge in [-0.1, -0.05) is 29.8 Å². The van der Waals surface area contributed by atoms with Gasteiger partial charge in [0.05, 0.1) is 17.2 Å². The molecule has 0 bridgehead atoms. The molecule has 2 rings (SSSR count). The minimum atomic E-state index is -0.428. The lowest BCUT2D eigenvalue weighted by Gasteiger charge is -2.19. The topological polar surface area (TPSA) is 53.4 Å². The number of aliphatic hydroxyl groups excluding tert-OH is 1. The van der Waals surface area contributed by atoms with Crippen molar-refractivity contribution in [3.05, 3.63) is 41.0 Å². The maximum atomic E-state index is 12.5. The first kappa shape index (κ1) is 14.8. The van der Waals surface area contributed by atoms with E-state index in [1.54, 1.807) is 24.9 Å². The Kier molecular flexibility index (Phi) is 4.57. The fourth-order valence-corrected chi connectivity index (χ4v) is 2.21. The molecule has 0 aliphatic heterocycles. The van der Waals surface area contributed by atoms with Crippen LogP contribution in [0.5, 0.6) is 0 Å². The molecule has 20 heavy (non-hydrogen) atoms. The molecule has 2 aromatic rings. The van der Waals surface area contributed by atoms with Crippen molar-refractivity contribution in [1.82, 2.24) is 9.88 Å². The third-order valence-electron chi connectivity index (χ3n) is 3.14. The first-order valence-corrected chi connectivity index (χ1v) is 6.85. The fraction of sp³-hybridized carbons (Fsp3) is 0.333. The summed E-state index contributed by atoms with van der Waals surface area (Å²) in [5, 5.41) is 10.4. The fourth-order valence-electron chi connectivity index (χ4n) is 2.01. The van der Waals surface area contributed by atoms with Crippen LogP contribution < -0.4 is 0 Å². The van der Waals surface area contributed by atoms with Crippen LogP contribution in [0.3, 0.4) is 0 Å². The number of fused-ring (bicyclic) bond motifs is 1. The number of carbonyl (C=O) groups is 1. The zero-order chi connectivity index (χ0) is 14.7. The Labute approximate surface area is 123 Å². The summed E-state index contributed by atoms with van der Waals surface area (Å²) in [4.78, 5) is 18.3. The summed E-state index contributed by atoms with van der Waals surface area (Å²) in [5.74, 6) is -0.119. The number of carbonyl (C=O) groups excluding carboxylic acids is 1. The summed E-state index contributed by atoms with van der Waals surface area (Å²) < 4.78 is 0. The van der Waals surface area contributed by atoms with E-state index in [4.69, 9.17) is 11.6 Å². The van der Waals surface area contributed by atoms with E-state index >= 15 is 0 Å². The number of para-hydroxylation sites is 1. The van der Waals surface area contributed by atoms with Gasteiger partial charge in [-0.05, 0) is 25.5 Å². The van der Waals surface area contributed by atoms with Gasteiger partial charge in [0.15, 0.2) is 0 Å². The molecular weight excluding hydrogens is 276 g/mol. The van der Waals surface area contributed by atoms with E-state index in [2.05, 4.69) is 4.98 Å². The number of hydrogen-bond donors (Lipinski definition) is 1. The van der Waals surface area contributed by atoms with E-state index in [9.17, 15) is 9.90 Å². The van der Waals surface area contributed by atoms with Crippen LogP contribution in [-0.4, -0.2) is 40.6 Å². The lowest BCUT2D eigenvalue weighted by Crippen LogP contribution is -2.29. The molecule has 1 aromatic heterocycles. The summed E-state index contributed by atoms with van der Waals surface area (Å²) in [6.07, 6.45) is 0.113. The molecular formula is C15H17ClN2O2. The van der Waals surface area contributed by atoms with Crippen LogP contribution in [-0.2, 0) is 0 Å². The lowest BCUT2D eigenvalue weighted by atomic mass is 10.1. The SMILES string of the molecule is CC(O)CCN(C)C(=O)c1cc(Cl)nc2ccccc12. The molecule has 0 spiro atoms. The molecule has 1 amide bonds. The zero-order valence-electron chi connectivity index (χ0n) is 11.5. The molecule has 1 atom stereocenters. The molecule has 0 radical (unpaired) electrons. The molecule has 106 valence electrons. The molecule has 4 nitrogen and oxygen atoms in total. The monoisotopic (exact) mass is 292 g/mol. The molecule has 0 fully saturated rings. The van der Waals surface area contributed by atoms with Gasteiger partial charge in [0.1, 0.15) is 5.15 Å². The van der Waals surface area contributed by atoms with Gasteiger partial charge < -0.3 is 10.0 Å². The maximum absolute atomic E-state index is 12.5. The highest BCUT2D eigenvalue weighted by Crippen LogP contribution is 2.22. The van der Waals surface area contributed by atoms with Gasteiger partial charge in [-0.15, -0.1) is 0 Å². The number of rotatable bonds is 4. The number of pyridine rings is 1. The first-order chi connectivity index (χ1) is 9.49. The normalized spacial score (nSPS) is 12.4. The molecule has 0 saturated heterocycles. The number of hydrogen-bond acceptors (Lipinski definition) is 3. The summed E-state index contributed by atoms with van der Waals surface area (Å²) in [5.41, 5.74) is 1.24. The Morgan fingerprint density at radius 2 is 2.15 bits per heavy atom. The first-order valence-electron chi connectivity index (χ1n) is 6.48. The third kappa shape index (κ3) is 3.26. The molecule has 0 aliphatic rings. The highest BCUT2D eigenvalue weighted by Gasteiger charge is 2.16. The van der Waals surface area contributed by atoms with Crippen LogP contribution in [0.2, 0.25) is 5.15 Å². The molecule has 1 N–H and O–H groups in total. The van der Waals surface area contributed by atoms with Crippen molar-refractivity contribution in [2.45, 2.75) is 19.4 Å². The number of amides is 1. The van der Waals surface area contributed by atoms with Crippen molar-refractivity contribution in [3.8, 4) is 0 Å². The number of aliphatic hydroxyl groups is 1. The Bertz CT molecular complexity index is 628. The maximum Gasteiger partial charge on any atom is 0.254 e. The lowest BCUT2D eigenvalue weighted by molar-refractivity contribution is 0.0771. The van der Waals surface area contributed by atoms with Crippen molar-refractivity contribution in [1.29, 1.82) is 0 Å². The van der Waals surface area contributed by atoms with Gasteiger partial charge in [-0.2, -0.15) is 0 Å². The summed E-state index contributed by atoms with van der Waals surface area (Å²) in [6.45, 7) is 2.20. The molecule has 5 heteroatoms. The number of nitrogens with zero attached hydrogens (tertiary/aromatic N) is 2. The summed E-state index contributed by atoms with van der Waals surface area (Å²) >= 11 is 5.98. The van der Waals surface area contributed by atoms with Gasteiger partial charge in [0.2, 0.25) is 0 Å². The van der Waals surface area contributed by atoms with Crippen LogP contribution in [0, 0.1) is 0 Å². The largest absolute Gasteiger partial charge is 0.393 e. The molecule has 1 heterocycles. The van der Waals surface area contributed by atoms with Crippen LogP contribution >= 0.6 is 11.6 Å². The van der Waals surface area contributed by atoms with Gasteiger partial charge in [0.25, 0.3) is 5.91 Å². The van der Waals surface area contributed by atoms with E-state index in [0.717, 1.165) is 5.39 Å². The van der Waals surface area contributed by atoms with Crippen molar-refractivity contribution < 1.29 is 9.90 Å². The highest BCUT2D eigenvalue weighted by atomic mass is 35.5. The van der Waals surface area contributed by atoms with Crippen LogP contribution in [0.15, 0.2) is 30.3 Å². The van der Waals surface area contributed by atoms with Crippen molar-refractivity contribution in [3.63, 3.8) is 0 Å². The Morgan fingerprint density at radius 3 is 2.85 bits per heavy atom. The smallest absolute Gasteiger partial charge is 0.254 e. The van der Waals surface area contributed by atoms with E-state index in [-0.39, 0.29) is 5.91 Å². The quantitative estimate of drug-likeness (QED) is 0.882. The van der Waals surface area contributed by atoms with E-state index < -0.39 is 6.10 Å². The highest BCUT2D eigenvalue weighted by molar-refractivity contribution is 6.30. The van der Waals surface area contributed by atoms with Crippen LogP contribution in [0.4, 0.5) is 0 Å². The van der Waals surface area contributed by atoms with Crippen LogP contribution in [0.1, 0.15) is 23.7 Å². The summed E-state index contributed by atoms with van der Waals surface area (Å²) in [6, 6.07) is 8.99. The zero-order valence-corrected chi connectivity index (χ0v) is 12.3. The average Bonchev–Trinajstić information content (AvgIpc) is 2.42. The van der Waals surface area contributed by atoms with Gasteiger partial charge in [-0.25, -0.2) is 4.98 Å². The van der Waals surface area contributed by atoms with Gasteiger partial charge in [0, 0.05) is 19.0 Å². The number of benzene rings is 1. The molecule has 0 saturated carbocycles. The van der Waals surface area contributed by atoms with E-state index in [1.807, 2.05) is 24.3 Å². The van der Waals surface area contributed by atoms with Crippen molar-refractivity contribution in [2.24, 2.45) is 0 Å². The second kappa shape index (κ2) is 6.20. The minimum absolute atomic E-state index is 0.119. The second-order valence-electron chi connectivity index (χ2n) is 4.87. The Hall–Kier alpha value is -1.65. The van der Waals surface area contributed by atoms with Gasteiger partial charge >= 0.3 is 0 Å². The Balaban J connectivity index is 2.34. The van der Waals surface area contributed by atoms with Gasteiger partial charge in [-0.3, -0.25) is 4.79 Å². The summed E-state index contributed by atoms with van der Waals surface area (Å²) in [7, 11) is 1.72. The number of halogens is 1. The van der Waals surface area contributed by atoms with E-state index in [1.165, 1.54) is 0 Å². The standard InChI is InChI=1S/C15H17ClN2O2/c1-10(19)7-8-18(2)15(20)12-9-14(16)17-13-6-4-3-5-11(12)13/h3-6,9-10,19H,7-8H2,1-2H3. The predicted molar refractivity (Wildman–Crippen MR) is 80.0 cm³/mol. The van der Waals surface area contributed by atoms with Crippen molar-refractivity contribution in [2.75, 3.05) is 13.6 Å². The third-order valence-corrected chi connectivity index (χ3v) is 3.34. The van der Waals surface area contributed by atoms with E-state index in [0.29, 0.717) is 29.2 Å². The predicted octanol–water partition coefficient (Wildman–Crippen LogP) is 2.73. The van der Waals surface area contributed by atoms with Crippen molar-refractivity contribution >= 4 is 28.4 Å². The average molecular weight is 293 g/mol.